The van der Waals surface area contributed by atoms with E-state index in [1.807, 2.05) is 24.3 Å². The van der Waals surface area contributed by atoms with Gasteiger partial charge in [-0.15, -0.1) is 0 Å². The number of ether oxygens (including phenoxy) is 10. The topological polar surface area (TPSA) is 121 Å². The molecule has 0 unspecified atom stereocenters. The summed E-state index contributed by atoms with van der Waals surface area (Å²) in [6, 6.07) is 25.0. The number of alkyl carbamates (subject to hydrolysis) is 1. The highest BCUT2D eigenvalue weighted by Gasteiger charge is 2.29. The first-order valence-electron chi connectivity index (χ1n) is 22.2. The number of nitrogens with one attached hydrogen (secondary N) is 1. The molecule has 1 aliphatic carbocycles. The zero-order chi connectivity index (χ0) is 42.0. The van der Waals surface area contributed by atoms with Crippen molar-refractivity contribution in [3.8, 4) is 16.9 Å². The minimum absolute atomic E-state index is 0.0378. The number of carbonyl (C=O) groups excluding carboxylic acids is 1. The van der Waals surface area contributed by atoms with E-state index in [-0.39, 0.29) is 12.5 Å². The summed E-state index contributed by atoms with van der Waals surface area (Å²) in [6.45, 7) is 11.2. The van der Waals surface area contributed by atoms with Gasteiger partial charge in [-0.05, 0) is 52.8 Å². The van der Waals surface area contributed by atoms with Gasteiger partial charge < -0.3 is 52.7 Å². The summed E-state index contributed by atoms with van der Waals surface area (Å²) in [4.78, 5) is 12.3. The normalized spacial score (nSPS) is 12.1. The first-order valence-corrected chi connectivity index (χ1v) is 22.2. The quantitative estimate of drug-likeness (QED) is 0.0565. The molecular weight excluding hydrogens is 767 g/mol. The fourth-order valence-electron chi connectivity index (χ4n) is 6.77. The van der Waals surface area contributed by atoms with Crippen LogP contribution in [-0.4, -0.2) is 132 Å². The van der Waals surface area contributed by atoms with Gasteiger partial charge in [0.05, 0.1) is 106 Å². The average molecular weight is 838 g/mol. The van der Waals surface area contributed by atoms with E-state index in [1.165, 1.54) is 72.8 Å². The second-order valence-corrected chi connectivity index (χ2v) is 14.5. The van der Waals surface area contributed by atoms with E-state index in [1.54, 1.807) is 0 Å². The van der Waals surface area contributed by atoms with Crippen molar-refractivity contribution >= 4 is 6.09 Å². The molecule has 0 saturated heterocycles. The van der Waals surface area contributed by atoms with Crippen molar-refractivity contribution in [3.05, 3.63) is 89.5 Å². The predicted octanol–water partition coefficient (Wildman–Crippen LogP) is 8.03. The van der Waals surface area contributed by atoms with Crippen LogP contribution in [0.2, 0.25) is 0 Å². The highest BCUT2D eigenvalue weighted by atomic mass is 16.6. The van der Waals surface area contributed by atoms with Crippen molar-refractivity contribution in [2.45, 2.75) is 64.2 Å². The number of amides is 1. The Morgan fingerprint density at radius 2 is 0.900 bits per heavy atom. The third kappa shape index (κ3) is 21.3. The van der Waals surface area contributed by atoms with E-state index in [4.69, 9.17) is 47.4 Å². The van der Waals surface area contributed by atoms with Crippen molar-refractivity contribution < 1.29 is 52.2 Å². The molecule has 3 aromatic rings. The number of rotatable bonds is 38. The van der Waals surface area contributed by atoms with E-state index in [2.05, 4.69) is 60.8 Å². The second-order valence-electron chi connectivity index (χ2n) is 14.5. The monoisotopic (exact) mass is 838 g/mol. The zero-order valence-electron chi connectivity index (χ0n) is 36.1. The molecule has 60 heavy (non-hydrogen) atoms. The van der Waals surface area contributed by atoms with Gasteiger partial charge in [-0.25, -0.2) is 4.79 Å². The standard InChI is InChI=1S/C48H71NO11/c1-2-3-4-5-6-7-8-13-41-18-20-42(21-19-41)59-39-38-58-37-36-57-35-34-56-33-32-55-31-30-54-29-28-53-27-26-52-25-24-51-23-22-49-48(50)60-40-47-45-16-11-9-14-43(45)44-15-10-12-17-46(44)47/h9-12,14-21,47H,2-8,13,22-40H2,1H3,(H,49,50). The third-order valence-electron chi connectivity index (χ3n) is 9.95. The number of carbonyl (C=O) groups is 1. The molecule has 3 aromatic carbocycles. The summed E-state index contributed by atoms with van der Waals surface area (Å²) >= 11 is 0. The summed E-state index contributed by atoms with van der Waals surface area (Å²) in [5.41, 5.74) is 6.16. The molecule has 1 amide bonds. The van der Waals surface area contributed by atoms with Crippen molar-refractivity contribution in [1.82, 2.24) is 5.32 Å². The Morgan fingerprint density at radius 1 is 0.483 bits per heavy atom. The lowest BCUT2D eigenvalue weighted by Crippen LogP contribution is -2.29. The molecule has 0 heterocycles. The molecule has 12 heteroatoms. The predicted molar refractivity (Wildman–Crippen MR) is 233 cm³/mol. The van der Waals surface area contributed by atoms with Gasteiger partial charge >= 0.3 is 6.09 Å². The Morgan fingerprint density at radius 3 is 1.38 bits per heavy atom. The van der Waals surface area contributed by atoms with Crippen LogP contribution < -0.4 is 10.1 Å². The van der Waals surface area contributed by atoms with E-state index >= 15 is 0 Å². The first-order chi connectivity index (χ1) is 29.8. The average Bonchev–Trinajstić information content (AvgIpc) is 3.60. The first kappa shape index (κ1) is 49.1. The fourth-order valence-corrected chi connectivity index (χ4v) is 6.77. The van der Waals surface area contributed by atoms with Crippen LogP contribution in [0.5, 0.6) is 5.75 Å². The Bertz CT molecular complexity index is 1460. The molecule has 1 N–H and O–H groups in total. The van der Waals surface area contributed by atoms with Gasteiger partial charge in [0, 0.05) is 12.5 Å². The molecule has 4 rings (SSSR count). The third-order valence-corrected chi connectivity index (χ3v) is 9.95. The van der Waals surface area contributed by atoms with E-state index in [9.17, 15) is 4.79 Å². The highest BCUT2D eigenvalue weighted by Crippen LogP contribution is 2.44. The number of aryl methyl sites for hydroxylation is 1. The molecule has 0 aliphatic heterocycles. The van der Waals surface area contributed by atoms with Crippen LogP contribution in [0, 0.1) is 0 Å². The maximum Gasteiger partial charge on any atom is 0.407 e. The molecular formula is C48H71NO11. The Balaban J connectivity index is 0.795. The van der Waals surface area contributed by atoms with Gasteiger partial charge in [0.15, 0.2) is 0 Å². The molecule has 1 aliphatic rings. The Labute approximate surface area is 358 Å². The lowest BCUT2D eigenvalue weighted by Gasteiger charge is -2.14. The van der Waals surface area contributed by atoms with Gasteiger partial charge in [-0.1, -0.05) is 106 Å². The minimum atomic E-state index is -0.450. The smallest absolute Gasteiger partial charge is 0.407 e. The van der Waals surface area contributed by atoms with Crippen LogP contribution in [0.1, 0.15) is 74.5 Å². The summed E-state index contributed by atoms with van der Waals surface area (Å²) in [5.74, 6) is 0.920. The molecule has 0 fully saturated rings. The van der Waals surface area contributed by atoms with Gasteiger partial charge in [0.1, 0.15) is 19.0 Å². The summed E-state index contributed by atoms with van der Waals surface area (Å²) in [6.07, 6.45) is 10.0. The molecule has 334 valence electrons. The van der Waals surface area contributed by atoms with Crippen LogP contribution >= 0.6 is 0 Å². The highest BCUT2D eigenvalue weighted by molar-refractivity contribution is 5.79. The van der Waals surface area contributed by atoms with Gasteiger partial charge in [-0.3, -0.25) is 0 Å². The summed E-state index contributed by atoms with van der Waals surface area (Å²) in [5, 5.41) is 2.75. The molecule has 0 spiro atoms. The largest absolute Gasteiger partial charge is 0.491 e. The molecule has 0 atom stereocenters. The van der Waals surface area contributed by atoms with Crippen molar-refractivity contribution in [3.63, 3.8) is 0 Å². The van der Waals surface area contributed by atoms with Crippen molar-refractivity contribution in [2.75, 3.05) is 125 Å². The van der Waals surface area contributed by atoms with Crippen LogP contribution in [0.3, 0.4) is 0 Å². The molecule has 0 bridgehead atoms. The SMILES string of the molecule is CCCCCCCCCc1ccc(OCCOCCOCCOCCOCCOCCOCCOCCOCCNC(=O)OCC2c3ccccc3-c3ccccc32)cc1. The minimum Gasteiger partial charge on any atom is -0.491 e. The molecule has 12 nitrogen and oxygen atoms in total. The number of unbranched alkanes of at least 4 members (excludes halogenated alkanes) is 6. The second kappa shape index (κ2) is 33.1. The van der Waals surface area contributed by atoms with E-state index in [0.717, 1.165) is 12.2 Å². The Kier molecular flexibility index (Phi) is 27.1. The lowest BCUT2D eigenvalue weighted by atomic mass is 9.98. The maximum absolute atomic E-state index is 12.3. The summed E-state index contributed by atoms with van der Waals surface area (Å²) < 4.78 is 55.7. The lowest BCUT2D eigenvalue weighted by molar-refractivity contribution is -0.0235. The molecule has 0 saturated carbocycles. The molecule has 0 radical (unpaired) electrons. The van der Waals surface area contributed by atoms with Crippen molar-refractivity contribution in [1.29, 1.82) is 0 Å². The van der Waals surface area contributed by atoms with Crippen LogP contribution in [0.25, 0.3) is 11.1 Å². The zero-order valence-corrected chi connectivity index (χ0v) is 36.1. The van der Waals surface area contributed by atoms with E-state index in [0.29, 0.717) is 119 Å². The van der Waals surface area contributed by atoms with E-state index < -0.39 is 6.09 Å². The van der Waals surface area contributed by atoms with Gasteiger partial charge in [0.2, 0.25) is 0 Å². The number of benzene rings is 3. The number of hydrogen-bond donors (Lipinski definition) is 1. The van der Waals surface area contributed by atoms with Gasteiger partial charge in [-0.2, -0.15) is 0 Å². The number of fused-ring (bicyclic) bond motifs is 3. The fraction of sp³-hybridized carbons (Fsp3) is 0.604. The van der Waals surface area contributed by atoms with Crippen LogP contribution in [-0.2, 0) is 49.1 Å². The molecule has 0 aromatic heterocycles. The summed E-state index contributed by atoms with van der Waals surface area (Å²) in [7, 11) is 0. The Hall–Kier alpha value is -3.59. The van der Waals surface area contributed by atoms with Crippen LogP contribution in [0.4, 0.5) is 4.79 Å². The van der Waals surface area contributed by atoms with Crippen molar-refractivity contribution in [2.24, 2.45) is 0 Å². The maximum atomic E-state index is 12.3. The van der Waals surface area contributed by atoms with Gasteiger partial charge in [0.25, 0.3) is 0 Å². The van der Waals surface area contributed by atoms with Crippen LogP contribution in [0.15, 0.2) is 72.8 Å². The number of hydrogen-bond acceptors (Lipinski definition) is 11.